The van der Waals surface area contributed by atoms with Crippen LogP contribution in [0.25, 0.3) is 5.78 Å². The van der Waals surface area contributed by atoms with Gasteiger partial charge < -0.3 is 10.2 Å². The van der Waals surface area contributed by atoms with Gasteiger partial charge in [0.2, 0.25) is 5.91 Å². The third-order valence-electron chi connectivity index (χ3n) is 2.97. The molecule has 0 saturated carbocycles. The maximum atomic E-state index is 12.0. The highest BCUT2D eigenvalue weighted by molar-refractivity contribution is 5.83. The number of carbonyl (C=O) groups is 1. The van der Waals surface area contributed by atoms with E-state index in [-0.39, 0.29) is 11.9 Å². The SMILES string of the molecule is CCN(C)C(=O)C(C)Nc1cc(C)nc2ncnn12. The highest BCUT2D eigenvalue weighted by Crippen LogP contribution is 2.11. The predicted octanol–water partition coefficient (Wildman–Crippen LogP) is 0.711. The number of anilines is 1. The lowest BCUT2D eigenvalue weighted by atomic mass is 10.3. The van der Waals surface area contributed by atoms with Gasteiger partial charge in [-0.05, 0) is 20.8 Å². The first kappa shape index (κ1) is 13.3. The van der Waals surface area contributed by atoms with Gasteiger partial charge in [-0.1, -0.05) is 0 Å². The molecule has 0 fully saturated rings. The molecule has 0 aliphatic heterocycles. The van der Waals surface area contributed by atoms with Crippen molar-refractivity contribution in [3.63, 3.8) is 0 Å². The van der Waals surface area contributed by atoms with Gasteiger partial charge in [0.1, 0.15) is 18.2 Å². The van der Waals surface area contributed by atoms with Gasteiger partial charge in [0.25, 0.3) is 5.78 Å². The molecule has 1 N–H and O–H groups in total. The molecule has 7 heteroatoms. The molecular weight excluding hydrogens is 244 g/mol. The number of hydrogen-bond donors (Lipinski definition) is 1. The number of rotatable bonds is 4. The molecule has 1 amide bonds. The molecule has 102 valence electrons. The summed E-state index contributed by atoms with van der Waals surface area (Å²) in [6.07, 6.45) is 1.44. The summed E-state index contributed by atoms with van der Waals surface area (Å²) in [5.74, 6) is 1.27. The van der Waals surface area contributed by atoms with Gasteiger partial charge in [-0.2, -0.15) is 14.6 Å². The molecule has 2 aromatic heterocycles. The highest BCUT2D eigenvalue weighted by Gasteiger charge is 2.17. The summed E-state index contributed by atoms with van der Waals surface area (Å²) in [6, 6.07) is 1.51. The topological polar surface area (TPSA) is 75.4 Å². The van der Waals surface area contributed by atoms with Gasteiger partial charge in [0.15, 0.2) is 0 Å². The number of hydrogen-bond acceptors (Lipinski definition) is 5. The fourth-order valence-electron chi connectivity index (χ4n) is 1.80. The van der Waals surface area contributed by atoms with Crippen LogP contribution in [0.4, 0.5) is 5.82 Å². The van der Waals surface area contributed by atoms with Crippen molar-refractivity contribution in [3.05, 3.63) is 18.1 Å². The molecule has 0 aliphatic carbocycles. The number of fused-ring (bicyclic) bond motifs is 1. The zero-order valence-corrected chi connectivity index (χ0v) is 11.6. The molecule has 19 heavy (non-hydrogen) atoms. The quantitative estimate of drug-likeness (QED) is 0.878. The Labute approximate surface area is 111 Å². The second kappa shape index (κ2) is 5.21. The first-order valence-corrected chi connectivity index (χ1v) is 6.21. The van der Waals surface area contributed by atoms with Crippen LogP contribution in [0.5, 0.6) is 0 Å². The number of amides is 1. The Morgan fingerprint density at radius 2 is 2.32 bits per heavy atom. The van der Waals surface area contributed by atoms with E-state index < -0.39 is 0 Å². The van der Waals surface area contributed by atoms with Crippen LogP contribution in [-0.4, -0.2) is 50.0 Å². The first-order chi connectivity index (χ1) is 9.02. The second-order valence-electron chi connectivity index (χ2n) is 4.47. The van der Waals surface area contributed by atoms with Crippen LogP contribution >= 0.6 is 0 Å². The third-order valence-corrected chi connectivity index (χ3v) is 2.97. The molecule has 0 spiro atoms. The third kappa shape index (κ3) is 2.64. The van der Waals surface area contributed by atoms with Crippen molar-refractivity contribution < 1.29 is 4.79 Å². The van der Waals surface area contributed by atoms with Gasteiger partial charge in [0, 0.05) is 25.4 Å². The number of carbonyl (C=O) groups excluding carboxylic acids is 1. The molecule has 2 aromatic rings. The van der Waals surface area contributed by atoms with E-state index in [1.807, 2.05) is 26.8 Å². The second-order valence-corrected chi connectivity index (χ2v) is 4.47. The van der Waals surface area contributed by atoms with Gasteiger partial charge >= 0.3 is 0 Å². The van der Waals surface area contributed by atoms with E-state index in [0.29, 0.717) is 18.1 Å². The van der Waals surface area contributed by atoms with Crippen molar-refractivity contribution in [1.82, 2.24) is 24.5 Å². The first-order valence-electron chi connectivity index (χ1n) is 6.21. The van der Waals surface area contributed by atoms with Crippen LogP contribution in [0, 0.1) is 6.92 Å². The maximum Gasteiger partial charge on any atom is 0.254 e. The van der Waals surface area contributed by atoms with Crippen molar-refractivity contribution in [3.8, 4) is 0 Å². The van der Waals surface area contributed by atoms with E-state index >= 15 is 0 Å². The summed E-state index contributed by atoms with van der Waals surface area (Å²) in [4.78, 5) is 22.0. The standard InChI is InChI=1S/C12H18N6O/c1-5-17(4)11(19)9(3)16-10-6-8(2)15-12-13-7-14-18(10)12/h6-7,9,16H,5H2,1-4H3. The molecule has 0 aromatic carbocycles. The van der Waals surface area contributed by atoms with E-state index in [2.05, 4.69) is 20.4 Å². The minimum absolute atomic E-state index is 0.0326. The summed E-state index contributed by atoms with van der Waals surface area (Å²) in [5.41, 5.74) is 0.825. The van der Waals surface area contributed by atoms with E-state index in [1.165, 1.54) is 6.33 Å². The summed E-state index contributed by atoms with van der Waals surface area (Å²) in [5, 5.41) is 7.25. The molecule has 0 radical (unpaired) electrons. The summed E-state index contributed by atoms with van der Waals surface area (Å²) in [7, 11) is 1.78. The minimum Gasteiger partial charge on any atom is -0.358 e. The smallest absolute Gasteiger partial charge is 0.254 e. The predicted molar refractivity (Wildman–Crippen MR) is 71.9 cm³/mol. The Kier molecular flexibility index (Phi) is 3.64. The molecule has 2 heterocycles. The number of nitrogens with zero attached hydrogens (tertiary/aromatic N) is 5. The van der Waals surface area contributed by atoms with E-state index in [4.69, 9.17) is 0 Å². The van der Waals surface area contributed by atoms with E-state index in [1.54, 1.807) is 16.5 Å². The lowest BCUT2D eigenvalue weighted by Gasteiger charge is -2.21. The van der Waals surface area contributed by atoms with Crippen molar-refractivity contribution in [2.75, 3.05) is 18.9 Å². The fraction of sp³-hybridized carbons (Fsp3) is 0.500. The van der Waals surface area contributed by atoms with Crippen molar-refractivity contribution >= 4 is 17.5 Å². The van der Waals surface area contributed by atoms with Crippen LogP contribution in [-0.2, 0) is 4.79 Å². The number of aryl methyl sites for hydroxylation is 1. The average molecular weight is 262 g/mol. The van der Waals surface area contributed by atoms with Crippen molar-refractivity contribution in [2.24, 2.45) is 0 Å². The average Bonchev–Trinajstić information content (AvgIpc) is 2.84. The highest BCUT2D eigenvalue weighted by atomic mass is 16.2. The minimum atomic E-state index is -0.334. The Morgan fingerprint density at radius 3 is 3.00 bits per heavy atom. The number of aromatic nitrogens is 4. The molecule has 1 unspecified atom stereocenters. The Balaban J connectivity index is 2.26. The molecule has 7 nitrogen and oxygen atoms in total. The largest absolute Gasteiger partial charge is 0.358 e. The maximum absolute atomic E-state index is 12.0. The Morgan fingerprint density at radius 1 is 1.58 bits per heavy atom. The Hall–Kier alpha value is -2.18. The van der Waals surface area contributed by atoms with Crippen molar-refractivity contribution in [2.45, 2.75) is 26.8 Å². The van der Waals surface area contributed by atoms with Crippen LogP contribution in [0.2, 0.25) is 0 Å². The molecule has 1 atom stereocenters. The molecule has 0 aliphatic rings. The fourth-order valence-corrected chi connectivity index (χ4v) is 1.80. The van der Waals surface area contributed by atoms with Gasteiger partial charge in [0.05, 0.1) is 0 Å². The Bertz CT molecular complexity index is 593. The molecule has 0 saturated heterocycles. The zero-order chi connectivity index (χ0) is 14.0. The lowest BCUT2D eigenvalue weighted by molar-refractivity contribution is -0.130. The summed E-state index contributed by atoms with van der Waals surface area (Å²) in [6.45, 7) is 6.33. The summed E-state index contributed by atoms with van der Waals surface area (Å²) >= 11 is 0. The normalized spacial score (nSPS) is 12.4. The van der Waals surface area contributed by atoms with Crippen molar-refractivity contribution in [1.29, 1.82) is 0 Å². The number of likely N-dealkylation sites (N-methyl/N-ethyl adjacent to an activating group) is 1. The van der Waals surface area contributed by atoms with Crippen LogP contribution in [0.15, 0.2) is 12.4 Å². The van der Waals surface area contributed by atoms with Crippen LogP contribution < -0.4 is 5.32 Å². The lowest BCUT2D eigenvalue weighted by Crippen LogP contribution is -2.39. The monoisotopic (exact) mass is 262 g/mol. The number of nitrogens with one attached hydrogen (secondary N) is 1. The van der Waals surface area contributed by atoms with Crippen LogP contribution in [0.3, 0.4) is 0 Å². The van der Waals surface area contributed by atoms with E-state index in [9.17, 15) is 4.79 Å². The van der Waals surface area contributed by atoms with Gasteiger partial charge in [-0.15, -0.1) is 0 Å². The van der Waals surface area contributed by atoms with Gasteiger partial charge in [-0.3, -0.25) is 4.79 Å². The van der Waals surface area contributed by atoms with E-state index in [0.717, 1.165) is 5.69 Å². The molecule has 0 bridgehead atoms. The summed E-state index contributed by atoms with van der Waals surface area (Å²) < 4.78 is 1.59. The van der Waals surface area contributed by atoms with Gasteiger partial charge in [-0.25, -0.2) is 4.98 Å². The molecule has 2 rings (SSSR count). The molecular formula is C12H18N6O. The zero-order valence-electron chi connectivity index (χ0n) is 11.6. The van der Waals surface area contributed by atoms with Crippen LogP contribution in [0.1, 0.15) is 19.5 Å².